The van der Waals surface area contributed by atoms with Gasteiger partial charge < -0.3 is 19.7 Å². The lowest BCUT2D eigenvalue weighted by atomic mass is 10.1. The lowest BCUT2D eigenvalue weighted by molar-refractivity contribution is -0.122. The molecular formula is C18H18N4O4S. The zero-order valence-electron chi connectivity index (χ0n) is 14.5. The van der Waals surface area contributed by atoms with Gasteiger partial charge in [0.1, 0.15) is 18.2 Å². The predicted octanol–water partition coefficient (Wildman–Crippen LogP) is 2.18. The van der Waals surface area contributed by atoms with E-state index in [9.17, 15) is 9.59 Å². The van der Waals surface area contributed by atoms with Gasteiger partial charge in [0.2, 0.25) is 16.9 Å². The van der Waals surface area contributed by atoms with Crippen LogP contribution in [0.3, 0.4) is 0 Å². The molecule has 1 N–H and O–H groups in total. The summed E-state index contributed by atoms with van der Waals surface area (Å²) in [5, 5.41) is 12.5. The van der Waals surface area contributed by atoms with Crippen molar-refractivity contribution in [1.82, 2.24) is 10.2 Å². The van der Waals surface area contributed by atoms with Gasteiger partial charge in [-0.2, -0.15) is 0 Å². The number of hydrogen-bond donors (Lipinski definition) is 1. The van der Waals surface area contributed by atoms with Crippen LogP contribution in [0, 0.1) is 5.92 Å². The minimum absolute atomic E-state index is 0.0808. The summed E-state index contributed by atoms with van der Waals surface area (Å²) in [6.07, 6.45) is 2.46. The molecule has 2 aromatic rings. The number of carbonyl (C=O) groups is 2. The fourth-order valence-electron chi connectivity index (χ4n) is 3.32. The summed E-state index contributed by atoms with van der Waals surface area (Å²) in [6.45, 7) is 1.34. The third kappa shape index (κ3) is 3.23. The standard InChI is InChI=1S/C18H18N4O4S/c23-15-7-11(16(24)19-18-21-20-17(27-18)10-1-2-10)9-22(15)12-3-4-13-14(8-12)26-6-5-25-13/h3-4,8,10-11H,1-2,5-7,9H2,(H,19,21,24)/t11-/m1/s1. The summed E-state index contributed by atoms with van der Waals surface area (Å²) in [7, 11) is 0. The Morgan fingerprint density at radius 3 is 2.81 bits per heavy atom. The highest BCUT2D eigenvalue weighted by atomic mass is 32.1. The van der Waals surface area contributed by atoms with Gasteiger partial charge in [0.25, 0.3) is 0 Å². The molecule has 2 aliphatic heterocycles. The molecule has 0 unspecified atom stereocenters. The molecule has 1 aromatic carbocycles. The van der Waals surface area contributed by atoms with Crippen molar-refractivity contribution >= 4 is 34.0 Å². The third-order valence-electron chi connectivity index (χ3n) is 4.93. The zero-order valence-corrected chi connectivity index (χ0v) is 15.3. The van der Waals surface area contributed by atoms with Crippen molar-refractivity contribution in [2.45, 2.75) is 25.2 Å². The first kappa shape index (κ1) is 16.5. The molecule has 0 radical (unpaired) electrons. The molecule has 1 atom stereocenters. The van der Waals surface area contributed by atoms with Gasteiger partial charge in [-0.05, 0) is 25.0 Å². The van der Waals surface area contributed by atoms with E-state index in [0.717, 1.165) is 17.8 Å². The molecule has 8 nitrogen and oxygen atoms in total. The van der Waals surface area contributed by atoms with Gasteiger partial charge in [-0.1, -0.05) is 11.3 Å². The normalized spacial score (nSPS) is 21.4. The first-order valence-corrected chi connectivity index (χ1v) is 9.83. The van der Waals surface area contributed by atoms with Gasteiger partial charge in [-0.25, -0.2) is 0 Å². The Hall–Kier alpha value is -2.68. The van der Waals surface area contributed by atoms with E-state index in [0.29, 0.717) is 48.0 Å². The van der Waals surface area contributed by atoms with Gasteiger partial charge in [-0.15, -0.1) is 10.2 Å². The number of nitrogens with zero attached hydrogens (tertiary/aromatic N) is 3. The number of amides is 2. The quantitative estimate of drug-likeness (QED) is 0.866. The number of anilines is 2. The van der Waals surface area contributed by atoms with Gasteiger partial charge in [0.05, 0.1) is 5.92 Å². The highest BCUT2D eigenvalue weighted by Crippen LogP contribution is 2.42. The second kappa shape index (κ2) is 6.49. The number of nitrogens with one attached hydrogen (secondary N) is 1. The van der Waals surface area contributed by atoms with Gasteiger partial charge in [0.15, 0.2) is 11.5 Å². The van der Waals surface area contributed by atoms with E-state index in [1.165, 1.54) is 11.3 Å². The Bertz CT molecular complexity index is 911. The van der Waals surface area contributed by atoms with Crippen LogP contribution in [0.25, 0.3) is 0 Å². The van der Waals surface area contributed by atoms with Crippen LogP contribution in [0.4, 0.5) is 10.8 Å². The van der Waals surface area contributed by atoms with Gasteiger partial charge >= 0.3 is 0 Å². The highest BCUT2D eigenvalue weighted by Gasteiger charge is 2.36. The van der Waals surface area contributed by atoms with Crippen molar-refractivity contribution in [2.75, 3.05) is 30.0 Å². The van der Waals surface area contributed by atoms with Crippen LogP contribution >= 0.6 is 11.3 Å². The lowest BCUT2D eigenvalue weighted by Crippen LogP contribution is -2.28. The summed E-state index contributed by atoms with van der Waals surface area (Å²) in [6, 6.07) is 5.41. The fourth-order valence-corrected chi connectivity index (χ4v) is 4.24. The van der Waals surface area contributed by atoms with E-state index in [4.69, 9.17) is 9.47 Å². The van der Waals surface area contributed by atoms with E-state index in [2.05, 4.69) is 15.5 Å². The molecule has 0 bridgehead atoms. The Balaban J connectivity index is 1.27. The molecular weight excluding hydrogens is 368 g/mol. The summed E-state index contributed by atoms with van der Waals surface area (Å²) in [5.74, 6) is 1.12. The van der Waals surface area contributed by atoms with Crippen LogP contribution in [-0.2, 0) is 9.59 Å². The first-order chi connectivity index (χ1) is 13.2. The van der Waals surface area contributed by atoms with Crippen LogP contribution in [0.15, 0.2) is 18.2 Å². The molecule has 0 spiro atoms. The van der Waals surface area contributed by atoms with E-state index < -0.39 is 5.92 Å². The molecule has 1 saturated heterocycles. The van der Waals surface area contributed by atoms with Crippen LogP contribution in [-0.4, -0.2) is 41.8 Å². The van der Waals surface area contributed by atoms with Crippen molar-refractivity contribution in [3.05, 3.63) is 23.2 Å². The van der Waals surface area contributed by atoms with Crippen molar-refractivity contribution < 1.29 is 19.1 Å². The number of ether oxygens (including phenoxy) is 2. The van der Waals surface area contributed by atoms with E-state index in [1.54, 1.807) is 17.0 Å². The maximum Gasteiger partial charge on any atom is 0.231 e. The molecule has 1 aromatic heterocycles. The second-order valence-corrected chi connectivity index (χ2v) is 7.95. The second-order valence-electron chi connectivity index (χ2n) is 6.94. The SMILES string of the molecule is O=C(Nc1nnc(C2CC2)s1)[C@@H]1CC(=O)N(c2ccc3c(c2)OCCO3)C1. The summed E-state index contributed by atoms with van der Waals surface area (Å²) in [5.41, 5.74) is 0.714. The molecule has 27 heavy (non-hydrogen) atoms. The average Bonchev–Trinajstić information content (AvgIpc) is 3.31. The van der Waals surface area contributed by atoms with Crippen LogP contribution in [0.1, 0.15) is 30.2 Å². The topological polar surface area (TPSA) is 93.7 Å². The minimum atomic E-state index is -0.418. The number of benzene rings is 1. The molecule has 9 heteroatoms. The number of rotatable bonds is 4. The van der Waals surface area contributed by atoms with E-state index in [1.807, 2.05) is 6.07 Å². The monoisotopic (exact) mass is 386 g/mol. The third-order valence-corrected chi connectivity index (χ3v) is 5.93. The largest absolute Gasteiger partial charge is 0.486 e. The summed E-state index contributed by atoms with van der Waals surface area (Å²) < 4.78 is 11.1. The van der Waals surface area contributed by atoms with Crippen molar-refractivity contribution in [1.29, 1.82) is 0 Å². The molecule has 5 rings (SSSR count). The maximum absolute atomic E-state index is 12.6. The molecule has 3 aliphatic rings. The number of fused-ring (bicyclic) bond motifs is 1. The Labute approximate surface area is 159 Å². The van der Waals surface area contributed by atoms with Crippen LogP contribution < -0.4 is 19.7 Å². The number of hydrogen-bond acceptors (Lipinski definition) is 7. The molecule has 3 heterocycles. The van der Waals surface area contributed by atoms with Crippen molar-refractivity contribution in [3.63, 3.8) is 0 Å². The smallest absolute Gasteiger partial charge is 0.231 e. The van der Waals surface area contributed by atoms with E-state index >= 15 is 0 Å². The number of carbonyl (C=O) groups excluding carboxylic acids is 2. The van der Waals surface area contributed by atoms with Crippen LogP contribution in [0.2, 0.25) is 0 Å². The molecule has 1 aliphatic carbocycles. The highest BCUT2D eigenvalue weighted by molar-refractivity contribution is 7.15. The van der Waals surface area contributed by atoms with Crippen LogP contribution in [0.5, 0.6) is 11.5 Å². The maximum atomic E-state index is 12.6. The Kier molecular flexibility index (Phi) is 3.96. The summed E-state index contributed by atoms with van der Waals surface area (Å²) >= 11 is 1.42. The minimum Gasteiger partial charge on any atom is -0.486 e. The van der Waals surface area contributed by atoms with E-state index in [-0.39, 0.29) is 18.2 Å². The van der Waals surface area contributed by atoms with Crippen molar-refractivity contribution in [2.24, 2.45) is 5.92 Å². The molecule has 1 saturated carbocycles. The Morgan fingerprint density at radius 2 is 2.00 bits per heavy atom. The zero-order chi connectivity index (χ0) is 18.4. The first-order valence-electron chi connectivity index (χ1n) is 9.01. The Morgan fingerprint density at radius 1 is 1.19 bits per heavy atom. The molecule has 140 valence electrons. The van der Waals surface area contributed by atoms with Gasteiger partial charge in [-0.3, -0.25) is 9.59 Å². The van der Waals surface area contributed by atoms with Gasteiger partial charge in [0, 0.05) is 30.6 Å². The summed E-state index contributed by atoms with van der Waals surface area (Å²) in [4.78, 5) is 26.7. The molecule has 2 amide bonds. The molecule has 2 fully saturated rings. The predicted molar refractivity (Wildman–Crippen MR) is 98.4 cm³/mol. The number of aromatic nitrogens is 2. The van der Waals surface area contributed by atoms with Crippen molar-refractivity contribution in [3.8, 4) is 11.5 Å². The lowest BCUT2D eigenvalue weighted by Gasteiger charge is -2.22. The average molecular weight is 386 g/mol. The fraction of sp³-hybridized carbons (Fsp3) is 0.444.